The molecule has 2 N–H and O–H groups in total. The highest BCUT2D eigenvalue weighted by atomic mass is 35.5. The molecular formula is C22H16ClN3S2. The molecule has 3 aromatic carbocycles. The Hall–Kier alpha value is -2.73. The van der Waals surface area contributed by atoms with Gasteiger partial charge in [-0.3, -0.25) is 0 Å². The van der Waals surface area contributed by atoms with Gasteiger partial charge in [-0.05, 0) is 48.6 Å². The van der Waals surface area contributed by atoms with Gasteiger partial charge in [0.2, 0.25) is 0 Å². The molecule has 0 aliphatic heterocycles. The first kappa shape index (κ1) is 18.6. The summed E-state index contributed by atoms with van der Waals surface area (Å²) >= 11 is 12.9. The van der Waals surface area contributed by atoms with E-state index in [0.717, 1.165) is 38.2 Å². The summed E-state index contributed by atoms with van der Waals surface area (Å²) in [4.78, 5) is 4.74. The Morgan fingerprint density at radius 3 is 2.07 bits per heavy atom. The molecule has 0 bridgehead atoms. The molecule has 0 unspecified atom stereocenters. The number of anilines is 2. The van der Waals surface area contributed by atoms with E-state index >= 15 is 0 Å². The number of nitrogens with zero attached hydrogens (tertiary/aromatic N) is 1. The van der Waals surface area contributed by atoms with Crippen molar-refractivity contribution >= 4 is 51.6 Å². The van der Waals surface area contributed by atoms with E-state index in [9.17, 15) is 0 Å². The number of aromatic nitrogens is 1. The highest BCUT2D eigenvalue weighted by Gasteiger charge is 2.07. The molecule has 0 spiro atoms. The maximum absolute atomic E-state index is 5.96. The summed E-state index contributed by atoms with van der Waals surface area (Å²) in [5, 5.41) is 10.7. The number of hydrogen-bond acceptors (Lipinski definition) is 3. The van der Waals surface area contributed by atoms with Crippen LogP contribution in [0, 0.1) is 0 Å². The number of thiocarbonyl (C=S) groups is 1. The lowest BCUT2D eigenvalue weighted by atomic mass is 10.1. The second-order valence-corrected chi connectivity index (χ2v) is 7.77. The molecule has 1 aromatic heterocycles. The molecular weight excluding hydrogens is 406 g/mol. The van der Waals surface area contributed by atoms with Crippen molar-refractivity contribution in [2.75, 3.05) is 10.6 Å². The van der Waals surface area contributed by atoms with Gasteiger partial charge in [0, 0.05) is 32.9 Å². The largest absolute Gasteiger partial charge is 0.332 e. The van der Waals surface area contributed by atoms with E-state index in [0.29, 0.717) is 5.11 Å². The van der Waals surface area contributed by atoms with E-state index in [2.05, 4.69) is 16.0 Å². The molecule has 3 nitrogen and oxygen atoms in total. The molecule has 4 rings (SSSR count). The number of para-hydroxylation sites is 1. The quantitative estimate of drug-likeness (QED) is 0.350. The summed E-state index contributed by atoms with van der Waals surface area (Å²) in [7, 11) is 0. The third-order valence-electron chi connectivity index (χ3n) is 4.07. The van der Waals surface area contributed by atoms with Gasteiger partial charge in [0.05, 0.1) is 5.69 Å². The van der Waals surface area contributed by atoms with Crippen molar-refractivity contribution in [2.24, 2.45) is 0 Å². The molecule has 0 saturated heterocycles. The molecule has 0 fully saturated rings. The van der Waals surface area contributed by atoms with Gasteiger partial charge in [0.15, 0.2) is 5.11 Å². The minimum absolute atomic E-state index is 0.553. The summed E-state index contributed by atoms with van der Waals surface area (Å²) in [6.07, 6.45) is 0. The summed E-state index contributed by atoms with van der Waals surface area (Å²) < 4.78 is 0. The highest BCUT2D eigenvalue weighted by molar-refractivity contribution is 7.80. The van der Waals surface area contributed by atoms with Gasteiger partial charge in [-0.25, -0.2) is 4.98 Å². The van der Waals surface area contributed by atoms with Crippen LogP contribution in [0.3, 0.4) is 0 Å². The fraction of sp³-hybridized carbons (Fsp3) is 0. The SMILES string of the molecule is S=C(Nc1ccccc1)Nc1ccc(-c2csc(-c3ccc(Cl)cc3)n2)cc1. The van der Waals surface area contributed by atoms with Crippen LogP contribution in [0.2, 0.25) is 5.02 Å². The Morgan fingerprint density at radius 2 is 1.39 bits per heavy atom. The normalized spacial score (nSPS) is 10.5. The van der Waals surface area contributed by atoms with Crippen molar-refractivity contribution in [3.63, 3.8) is 0 Å². The van der Waals surface area contributed by atoms with Crippen LogP contribution in [0.15, 0.2) is 84.2 Å². The summed E-state index contributed by atoms with van der Waals surface area (Å²) in [5.74, 6) is 0. The Morgan fingerprint density at radius 1 is 0.786 bits per heavy atom. The molecule has 0 aliphatic rings. The van der Waals surface area contributed by atoms with E-state index in [4.69, 9.17) is 28.8 Å². The first-order valence-electron chi connectivity index (χ1n) is 8.62. The first-order valence-corrected chi connectivity index (χ1v) is 10.3. The Balaban J connectivity index is 1.43. The monoisotopic (exact) mass is 421 g/mol. The second kappa shape index (κ2) is 8.52. The van der Waals surface area contributed by atoms with E-state index in [1.54, 1.807) is 11.3 Å². The molecule has 0 atom stereocenters. The zero-order valence-electron chi connectivity index (χ0n) is 14.7. The van der Waals surface area contributed by atoms with Crippen molar-refractivity contribution in [1.82, 2.24) is 4.98 Å². The maximum Gasteiger partial charge on any atom is 0.175 e. The van der Waals surface area contributed by atoms with E-state index < -0.39 is 0 Å². The highest BCUT2D eigenvalue weighted by Crippen LogP contribution is 2.30. The van der Waals surface area contributed by atoms with Gasteiger partial charge >= 0.3 is 0 Å². The van der Waals surface area contributed by atoms with Crippen molar-refractivity contribution < 1.29 is 0 Å². The second-order valence-electron chi connectivity index (χ2n) is 6.07. The summed E-state index contributed by atoms with van der Waals surface area (Å²) in [5.41, 5.74) is 4.95. The van der Waals surface area contributed by atoms with Gasteiger partial charge in [0.25, 0.3) is 0 Å². The van der Waals surface area contributed by atoms with Crippen molar-refractivity contribution in [3.05, 3.63) is 89.3 Å². The van der Waals surface area contributed by atoms with Crippen LogP contribution in [0.5, 0.6) is 0 Å². The van der Waals surface area contributed by atoms with Crippen molar-refractivity contribution in [1.29, 1.82) is 0 Å². The number of hydrogen-bond donors (Lipinski definition) is 2. The van der Waals surface area contributed by atoms with Crippen molar-refractivity contribution in [3.8, 4) is 21.8 Å². The molecule has 138 valence electrons. The third kappa shape index (κ3) is 4.57. The Kier molecular flexibility index (Phi) is 5.67. The van der Waals surface area contributed by atoms with E-state index in [-0.39, 0.29) is 0 Å². The van der Waals surface area contributed by atoms with Gasteiger partial charge < -0.3 is 10.6 Å². The minimum Gasteiger partial charge on any atom is -0.332 e. The van der Waals surface area contributed by atoms with Gasteiger partial charge in [-0.2, -0.15) is 0 Å². The number of halogens is 1. The fourth-order valence-electron chi connectivity index (χ4n) is 2.67. The molecule has 4 aromatic rings. The minimum atomic E-state index is 0.553. The predicted molar refractivity (Wildman–Crippen MR) is 124 cm³/mol. The molecule has 6 heteroatoms. The number of benzene rings is 3. The van der Waals surface area contributed by atoms with Crippen LogP contribution >= 0.6 is 35.2 Å². The Labute approximate surface area is 178 Å². The summed E-state index contributed by atoms with van der Waals surface area (Å²) in [6.45, 7) is 0. The number of thiazole rings is 1. The topological polar surface area (TPSA) is 37.0 Å². The average Bonchev–Trinajstić information content (AvgIpc) is 3.20. The third-order valence-corrected chi connectivity index (χ3v) is 5.41. The van der Waals surface area contributed by atoms with Crippen LogP contribution in [-0.4, -0.2) is 10.1 Å². The fourth-order valence-corrected chi connectivity index (χ4v) is 3.87. The molecule has 28 heavy (non-hydrogen) atoms. The smallest absolute Gasteiger partial charge is 0.175 e. The lowest BCUT2D eigenvalue weighted by Crippen LogP contribution is -2.18. The number of nitrogens with one attached hydrogen (secondary N) is 2. The Bertz CT molecular complexity index is 1070. The van der Waals surface area contributed by atoms with Crippen LogP contribution in [0.25, 0.3) is 21.8 Å². The lowest BCUT2D eigenvalue weighted by Gasteiger charge is -2.10. The van der Waals surface area contributed by atoms with Gasteiger partial charge in [-0.1, -0.05) is 54.1 Å². The van der Waals surface area contributed by atoms with Crippen LogP contribution in [0.1, 0.15) is 0 Å². The van der Waals surface area contributed by atoms with Gasteiger partial charge in [0.1, 0.15) is 5.01 Å². The van der Waals surface area contributed by atoms with Crippen LogP contribution in [-0.2, 0) is 0 Å². The first-order chi connectivity index (χ1) is 13.7. The summed E-state index contributed by atoms with van der Waals surface area (Å²) in [6, 6.07) is 25.6. The zero-order valence-corrected chi connectivity index (χ0v) is 17.1. The van der Waals surface area contributed by atoms with E-state index in [1.165, 1.54) is 0 Å². The molecule has 0 radical (unpaired) electrons. The maximum atomic E-state index is 5.96. The van der Waals surface area contributed by atoms with Crippen molar-refractivity contribution in [2.45, 2.75) is 0 Å². The average molecular weight is 422 g/mol. The lowest BCUT2D eigenvalue weighted by molar-refractivity contribution is 1.40. The zero-order chi connectivity index (χ0) is 19.3. The molecule has 0 saturated carbocycles. The number of rotatable bonds is 4. The molecule has 1 heterocycles. The standard InChI is InChI=1S/C22H16ClN3S2/c23-17-10-6-16(7-11-17)21-26-20(14-28-21)15-8-12-19(13-9-15)25-22(27)24-18-4-2-1-3-5-18/h1-14H,(H2,24,25,27). The molecule has 0 aliphatic carbocycles. The van der Waals surface area contributed by atoms with Crippen LogP contribution < -0.4 is 10.6 Å². The predicted octanol–water partition coefficient (Wildman–Crippen LogP) is 6.94. The van der Waals surface area contributed by atoms with E-state index in [1.807, 2.05) is 78.9 Å². The van der Waals surface area contributed by atoms with Gasteiger partial charge in [-0.15, -0.1) is 11.3 Å². The molecule has 0 amide bonds. The van der Waals surface area contributed by atoms with Crippen LogP contribution in [0.4, 0.5) is 11.4 Å².